The maximum absolute atomic E-state index is 11.8. The van der Waals surface area contributed by atoms with Crippen LogP contribution in [0.15, 0.2) is 24.3 Å². The molecule has 0 bridgehead atoms. The smallest absolute Gasteiger partial charge is 0.260 e. The van der Waals surface area contributed by atoms with E-state index in [0.717, 1.165) is 0 Å². The molecule has 100 valence electrons. The van der Waals surface area contributed by atoms with Gasteiger partial charge in [0.1, 0.15) is 0 Å². The standard InChI is InChI=1S/C13H19NO4/c1-13(2,9-15)14(3)12(17)8-18-11-7-5-4-6-10(11)16/h4-7,15-16H,8-9H2,1-3H3. The minimum atomic E-state index is -0.640. The van der Waals surface area contributed by atoms with Crippen LogP contribution in [-0.2, 0) is 4.79 Å². The number of carbonyl (C=O) groups is 1. The van der Waals surface area contributed by atoms with E-state index in [1.807, 2.05) is 0 Å². The lowest BCUT2D eigenvalue weighted by Crippen LogP contribution is -2.49. The van der Waals surface area contributed by atoms with Crippen LogP contribution in [0.2, 0.25) is 0 Å². The lowest BCUT2D eigenvalue weighted by Gasteiger charge is -2.33. The third kappa shape index (κ3) is 3.37. The number of likely N-dealkylation sites (N-methyl/N-ethyl adjacent to an activating group) is 1. The van der Waals surface area contributed by atoms with Gasteiger partial charge in [0.25, 0.3) is 5.91 Å². The van der Waals surface area contributed by atoms with Crippen LogP contribution in [0, 0.1) is 0 Å². The van der Waals surface area contributed by atoms with Gasteiger partial charge in [-0.2, -0.15) is 0 Å². The van der Waals surface area contributed by atoms with E-state index in [-0.39, 0.29) is 30.6 Å². The van der Waals surface area contributed by atoms with Crippen LogP contribution in [0.5, 0.6) is 11.5 Å². The number of rotatable bonds is 5. The van der Waals surface area contributed by atoms with Gasteiger partial charge in [-0.3, -0.25) is 4.79 Å². The Morgan fingerprint density at radius 2 is 2.00 bits per heavy atom. The number of aromatic hydroxyl groups is 1. The predicted octanol–water partition coefficient (Wildman–Crippen LogP) is 1.00. The van der Waals surface area contributed by atoms with Crippen molar-refractivity contribution in [3.05, 3.63) is 24.3 Å². The molecule has 0 atom stereocenters. The molecule has 5 heteroatoms. The summed E-state index contributed by atoms with van der Waals surface area (Å²) in [5, 5.41) is 18.6. The number of phenols is 1. The van der Waals surface area contributed by atoms with Crippen LogP contribution in [-0.4, -0.2) is 46.8 Å². The fourth-order valence-corrected chi connectivity index (χ4v) is 1.26. The van der Waals surface area contributed by atoms with Crippen molar-refractivity contribution in [2.45, 2.75) is 19.4 Å². The average Bonchev–Trinajstić information content (AvgIpc) is 2.36. The molecule has 0 fully saturated rings. The number of para-hydroxylation sites is 2. The van der Waals surface area contributed by atoms with Gasteiger partial charge in [0.15, 0.2) is 18.1 Å². The molecule has 5 nitrogen and oxygen atoms in total. The molecule has 1 amide bonds. The van der Waals surface area contributed by atoms with Crippen LogP contribution in [0.1, 0.15) is 13.8 Å². The molecule has 1 aromatic rings. The fourth-order valence-electron chi connectivity index (χ4n) is 1.26. The van der Waals surface area contributed by atoms with E-state index in [9.17, 15) is 9.90 Å². The van der Waals surface area contributed by atoms with Crippen LogP contribution >= 0.6 is 0 Å². The molecule has 0 aromatic heterocycles. The molecule has 0 heterocycles. The average molecular weight is 253 g/mol. The third-order valence-corrected chi connectivity index (χ3v) is 2.89. The molecule has 1 rings (SSSR count). The zero-order chi connectivity index (χ0) is 13.8. The van der Waals surface area contributed by atoms with E-state index in [0.29, 0.717) is 0 Å². The van der Waals surface area contributed by atoms with E-state index in [1.54, 1.807) is 39.1 Å². The maximum Gasteiger partial charge on any atom is 0.260 e. The number of nitrogens with zero attached hydrogens (tertiary/aromatic N) is 1. The summed E-state index contributed by atoms with van der Waals surface area (Å²) < 4.78 is 5.24. The summed E-state index contributed by atoms with van der Waals surface area (Å²) in [6, 6.07) is 6.45. The number of benzene rings is 1. The van der Waals surface area contributed by atoms with E-state index in [1.165, 1.54) is 11.0 Å². The highest BCUT2D eigenvalue weighted by molar-refractivity contribution is 5.78. The number of carbonyl (C=O) groups excluding carboxylic acids is 1. The molecule has 0 radical (unpaired) electrons. The molecule has 0 spiro atoms. The van der Waals surface area contributed by atoms with Crippen molar-refractivity contribution in [3.63, 3.8) is 0 Å². The largest absolute Gasteiger partial charge is 0.504 e. The van der Waals surface area contributed by atoms with Gasteiger partial charge in [0, 0.05) is 7.05 Å². The van der Waals surface area contributed by atoms with Crippen molar-refractivity contribution in [1.82, 2.24) is 4.90 Å². The van der Waals surface area contributed by atoms with Gasteiger partial charge in [0.05, 0.1) is 12.1 Å². The second-order valence-corrected chi connectivity index (χ2v) is 4.68. The monoisotopic (exact) mass is 253 g/mol. The maximum atomic E-state index is 11.8. The highest BCUT2D eigenvalue weighted by Gasteiger charge is 2.26. The first-order valence-electron chi connectivity index (χ1n) is 5.67. The number of amides is 1. The first-order valence-corrected chi connectivity index (χ1v) is 5.67. The summed E-state index contributed by atoms with van der Waals surface area (Å²) in [6.45, 7) is 3.19. The Hall–Kier alpha value is -1.75. The summed E-state index contributed by atoms with van der Waals surface area (Å²) >= 11 is 0. The molecule has 0 aliphatic carbocycles. The van der Waals surface area contributed by atoms with E-state index in [4.69, 9.17) is 9.84 Å². The lowest BCUT2D eigenvalue weighted by atomic mass is 10.1. The molecular formula is C13H19NO4. The van der Waals surface area contributed by atoms with Gasteiger partial charge in [-0.05, 0) is 26.0 Å². The molecule has 0 aliphatic rings. The Balaban J connectivity index is 2.59. The van der Waals surface area contributed by atoms with Crippen LogP contribution < -0.4 is 4.74 Å². The zero-order valence-electron chi connectivity index (χ0n) is 10.9. The van der Waals surface area contributed by atoms with Gasteiger partial charge in [0.2, 0.25) is 0 Å². The number of aliphatic hydroxyl groups excluding tert-OH is 1. The second kappa shape index (κ2) is 5.73. The van der Waals surface area contributed by atoms with Crippen LogP contribution in [0.3, 0.4) is 0 Å². The van der Waals surface area contributed by atoms with Crippen molar-refractivity contribution in [2.24, 2.45) is 0 Å². The number of ether oxygens (including phenoxy) is 1. The zero-order valence-corrected chi connectivity index (χ0v) is 10.9. The molecule has 0 unspecified atom stereocenters. The Labute approximate surface area is 107 Å². The van der Waals surface area contributed by atoms with Crippen molar-refractivity contribution >= 4 is 5.91 Å². The Morgan fingerprint density at radius 3 is 2.56 bits per heavy atom. The summed E-state index contributed by atoms with van der Waals surface area (Å²) in [6.07, 6.45) is 0. The van der Waals surface area contributed by atoms with Crippen LogP contribution in [0.25, 0.3) is 0 Å². The lowest BCUT2D eigenvalue weighted by molar-refractivity contribution is -0.138. The quantitative estimate of drug-likeness (QED) is 0.821. The van der Waals surface area contributed by atoms with E-state index >= 15 is 0 Å². The summed E-state index contributed by atoms with van der Waals surface area (Å²) in [7, 11) is 1.60. The predicted molar refractivity (Wildman–Crippen MR) is 67.5 cm³/mol. The summed E-state index contributed by atoms with van der Waals surface area (Å²) in [5.41, 5.74) is -0.640. The van der Waals surface area contributed by atoms with Gasteiger partial charge in [-0.25, -0.2) is 0 Å². The highest BCUT2D eigenvalue weighted by Crippen LogP contribution is 2.24. The Kier molecular flexibility index (Phi) is 4.55. The van der Waals surface area contributed by atoms with E-state index < -0.39 is 5.54 Å². The van der Waals surface area contributed by atoms with Gasteiger partial charge >= 0.3 is 0 Å². The molecule has 0 aliphatic heterocycles. The number of phenolic OH excluding ortho intramolecular Hbond substituents is 1. The molecule has 0 saturated heterocycles. The first-order chi connectivity index (χ1) is 8.38. The Bertz CT molecular complexity index is 417. The summed E-state index contributed by atoms with van der Waals surface area (Å²) in [5.74, 6) is -0.00673. The minimum absolute atomic E-state index is 0.00521. The normalized spacial score (nSPS) is 11.1. The Morgan fingerprint density at radius 1 is 1.39 bits per heavy atom. The molecule has 0 saturated carbocycles. The van der Waals surface area contributed by atoms with Gasteiger partial charge in [-0.15, -0.1) is 0 Å². The number of aliphatic hydroxyl groups is 1. The van der Waals surface area contributed by atoms with E-state index in [2.05, 4.69) is 0 Å². The molecular weight excluding hydrogens is 234 g/mol. The topological polar surface area (TPSA) is 70.0 Å². The van der Waals surface area contributed by atoms with Crippen molar-refractivity contribution < 1.29 is 19.7 Å². The molecule has 2 N–H and O–H groups in total. The summed E-state index contributed by atoms with van der Waals surface area (Å²) in [4.78, 5) is 13.3. The van der Waals surface area contributed by atoms with Gasteiger partial charge in [-0.1, -0.05) is 12.1 Å². The molecule has 18 heavy (non-hydrogen) atoms. The first kappa shape index (κ1) is 14.3. The number of hydrogen-bond acceptors (Lipinski definition) is 4. The van der Waals surface area contributed by atoms with Crippen molar-refractivity contribution in [3.8, 4) is 11.5 Å². The number of hydrogen-bond donors (Lipinski definition) is 2. The highest BCUT2D eigenvalue weighted by atomic mass is 16.5. The van der Waals surface area contributed by atoms with Crippen molar-refractivity contribution in [1.29, 1.82) is 0 Å². The SMILES string of the molecule is CN(C(=O)COc1ccccc1O)C(C)(C)CO. The van der Waals surface area contributed by atoms with Crippen LogP contribution in [0.4, 0.5) is 0 Å². The van der Waals surface area contributed by atoms with Crippen molar-refractivity contribution in [2.75, 3.05) is 20.3 Å². The third-order valence-electron chi connectivity index (χ3n) is 2.89. The second-order valence-electron chi connectivity index (χ2n) is 4.68. The fraction of sp³-hybridized carbons (Fsp3) is 0.462. The molecule has 1 aromatic carbocycles. The minimum Gasteiger partial charge on any atom is -0.504 e. The van der Waals surface area contributed by atoms with Gasteiger partial charge < -0.3 is 19.8 Å².